The highest BCUT2D eigenvalue weighted by atomic mass is 35.5. The summed E-state index contributed by atoms with van der Waals surface area (Å²) in [4.78, 5) is 36.1. The van der Waals surface area contributed by atoms with Crippen LogP contribution in [0.5, 0.6) is 11.5 Å². The lowest BCUT2D eigenvalue weighted by Gasteiger charge is -2.21. The van der Waals surface area contributed by atoms with Gasteiger partial charge in [-0.15, -0.1) is 0 Å². The minimum atomic E-state index is -1.18. The van der Waals surface area contributed by atoms with E-state index in [1.165, 1.54) is 35.2 Å². The standard InChI is InChI=1S/C22H18Cl2N2O7/c23-14-6-12-5-13(22(30)31)7-18(21(12)17(24)8-14)33-9-19(27)26(11-25)15-1-3-16(4-2-15)32-10-20(28)29/h1-8H,9-11,25H2,(H,28,29)(H,30,31). The van der Waals surface area contributed by atoms with E-state index in [4.69, 9.17) is 43.5 Å². The zero-order valence-electron chi connectivity index (χ0n) is 17.0. The Morgan fingerprint density at radius 3 is 2.24 bits per heavy atom. The number of anilines is 1. The number of halogens is 2. The Labute approximate surface area is 197 Å². The lowest BCUT2D eigenvalue weighted by molar-refractivity contribution is -0.139. The van der Waals surface area contributed by atoms with Gasteiger partial charge in [0.2, 0.25) is 0 Å². The number of aromatic carboxylic acids is 1. The molecule has 0 unspecified atom stereocenters. The van der Waals surface area contributed by atoms with Gasteiger partial charge in [0.1, 0.15) is 11.5 Å². The number of nitrogens with zero attached hydrogens (tertiary/aromatic N) is 1. The molecule has 0 heterocycles. The monoisotopic (exact) mass is 492 g/mol. The summed E-state index contributed by atoms with van der Waals surface area (Å²) in [6.45, 7) is -1.11. The Morgan fingerprint density at radius 2 is 1.64 bits per heavy atom. The second-order valence-corrected chi connectivity index (χ2v) is 7.58. The number of carboxylic acids is 2. The molecule has 0 aliphatic carbocycles. The first-order valence-corrected chi connectivity index (χ1v) is 10.2. The zero-order valence-corrected chi connectivity index (χ0v) is 18.5. The quantitative estimate of drug-likeness (QED) is 0.384. The normalized spacial score (nSPS) is 10.6. The summed E-state index contributed by atoms with van der Waals surface area (Å²) in [6.07, 6.45) is 0. The molecule has 172 valence electrons. The predicted molar refractivity (Wildman–Crippen MR) is 123 cm³/mol. The van der Waals surface area contributed by atoms with Crippen LogP contribution in [-0.4, -0.2) is 47.9 Å². The van der Waals surface area contributed by atoms with Gasteiger partial charge in [-0.05, 0) is 53.9 Å². The number of fused-ring (bicyclic) bond motifs is 1. The average molecular weight is 493 g/mol. The number of carbonyl (C=O) groups is 3. The predicted octanol–water partition coefficient (Wildman–Crippen LogP) is 3.64. The van der Waals surface area contributed by atoms with Gasteiger partial charge in [0.15, 0.2) is 13.2 Å². The van der Waals surface area contributed by atoms with E-state index in [-0.39, 0.29) is 23.0 Å². The minimum absolute atomic E-state index is 0.0593. The van der Waals surface area contributed by atoms with Crippen LogP contribution in [0.3, 0.4) is 0 Å². The van der Waals surface area contributed by atoms with Crippen molar-refractivity contribution in [1.29, 1.82) is 0 Å². The molecule has 3 aromatic rings. The molecular formula is C22H18Cl2N2O7. The van der Waals surface area contributed by atoms with E-state index in [1.54, 1.807) is 18.2 Å². The fraction of sp³-hybridized carbons (Fsp3) is 0.136. The lowest BCUT2D eigenvalue weighted by atomic mass is 10.1. The van der Waals surface area contributed by atoms with E-state index in [9.17, 15) is 19.5 Å². The number of aliphatic carboxylic acids is 1. The van der Waals surface area contributed by atoms with Crippen LogP contribution in [0.15, 0.2) is 48.5 Å². The first-order chi connectivity index (χ1) is 15.7. The number of amides is 1. The second-order valence-electron chi connectivity index (χ2n) is 6.73. The van der Waals surface area contributed by atoms with E-state index >= 15 is 0 Å². The van der Waals surface area contributed by atoms with Crippen LogP contribution in [0.4, 0.5) is 5.69 Å². The van der Waals surface area contributed by atoms with Crippen molar-refractivity contribution < 1.29 is 34.1 Å². The number of ether oxygens (including phenoxy) is 2. The summed E-state index contributed by atoms with van der Waals surface area (Å²) in [5.74, 6) is -2.38. The number of hydrogen-bond donors (Lipinski definition) is 3. The van der Waals surface area contributed by atoms with Gasteiger partial charge in [-0.3, -0.25) is 9.69 Å². The number of hydrogen-bond acceptors (Lipinski definition) is 6. The van der Waals surface area contributed by atoms with Gasteiger partial charge >= 0.3 is 11.9 Å². The molecule has 0 aromatic heterocycles. The molecule has 0 aliphatic rings. The van der Waals surface area contributed by atoms with Crippen LogP contribution < -0.4 is 20.1 Å². The molecule has 0 spiro atoms. The Balaban J connectivity index is 1.81. The SMILES string of the molecule is NCN(C(=O)COc1cc(C(=O)O)cc2cc(Cl)cc(Cl)c12)c1ccc(OCC(=O)O)cc1. The summed E-state index contributed by atoms with van der Waals surface area (Å²) in [7, 11) is 0. The van der Waals surface area contributed by atoms with Gasteiger partial charge in [-0.2, -0.15) is 0 Å². The summed E-state index contributed by atoms with van der Waals surface area (Å²) in [5, 5.41) is 19.5. The van der Waals surface area contributed by atoms with Gasteiger partial charge in [-0.25, -0.2) is 9.59 Å². The van der Waals surface area contributed by atoms with Gasteiger partial charge in [0.25, 0.3) is 5.91 Å². The van der Waals surface area contributed by atoms with Crippen molar-refractivity contribution in [3.8, 4) is 11.5 Å². The molecule has 11 heteroatoms. The molecule has 1 amide bonds. The molecule has 9 nitrogen and oxygen atoms in total. The topological polar surface area (TPSA) is 139 Å². The van der Waals surface area contributed by atoms with E-state index in [2.05, 4.69) is 0 Å². The van der Waals surface area contributed by atoms with Crippen molar-refractivity contribution in [3.63, 3.8) is 0 Å². The smallest absolute Gasteiger partial charge is 0.341 e. The maximum absolute atomic E-state index is 12.8. The van der Waals surface area contributed by atoms with Gasteiger partial charge < -0.3 is 25.4 Å². The molecule has 0 radical (unpaired) electrons. The molecule has 3 aromatic carbocycles. The molecule has 0 saturated heterocycles. The van der Waals surface area contributed by atoms with Gasteiger partial charge in [0.05, 0.1) is 17.3 Å². The fourth-order valence-electron chi connectivity index (χ4n) is 3.06. The van der Waals surface area contributed by atoms with Crippen molar-refractivity contribution in [3.05, 3.63) is 64.1 Å². The van der Waals surface area contributed by atoms with Crippen molar-refractivity contribution in [2.75, 3.05) is 24.8 Å². The second kappa shape index (κ2) is 10.4. The number of rotatable bonds is 9. The van der Waals surface area contributed by atoms with E-state index < -0.39 is 31.1 Å². The molecule has 3 rings (SSSR count). The number of carboxylic acid groups (broad SMARTS) is 2. The maximum Gasteiger partial charge on any atom is 0.341 e. The molecule has 33 heavy (non-hydrogen) atoms. The average Bonchev–Trinajstić information content (AvgIpc) is 2.76. The third-order valence-electron chi connectivity index (χ3n) is 4.52. The highest BCUT2D eigenvalue weighted by Gasteiger charge is 2.18. The van der Waals surface area contributed by atoms with Crippen LogP contribution in [0, 0.1) is 0 Å². The molecule has 4 N–H and O–H groups in total. The molecule has 0 aliphatic heterocycles. The Hall–Kier alpha value is -3.53. The summed E-state index contributed by atoms with van der Waals surface area (Å²) >= 11 is 12.3. The largest absolute Gasteiger partial charge is 0.483 e. The van der Waals surface area contributed by atoms with Crippen molar-refractivity contribution in [2.24, 2.45) is 5.73 Å². The molecule has 0 fully saturated rings. The number of nitrogens with two attached hydrogens (primary N) is 1. The first-order valence-electron chi connectivity index (χ1n) is 9.43. The first kappa shape index (κ1) is 24.1. The Bertz CT molecular complexity index is 1220. The summed E-state index contributed by atoms with van der Waals surface area (Å²) in [5.41, 5.74) is 6.11. The highest BCUT2D eigenvalue weighted by molar-refractivity contribution is 6.39. The fourth-order valence-corrected chi connectivity index (χ4v) is 3.67. The van der Waals surface area contributed by atoms with E-state index in [1.807, 2.05) is 0 Å². The van der Waals surface area contributed by atoms with Crippen LogP contribution in [0.1, 0.15) is 10.4 Å². The summed E-state index contributed by atoms with van der Waals surface area (Å²) in [6, 6.07) is 11.8. The van der Waals surface area contributed by atoms with Crippen LogP contribution in [-0.2, 0) is 9.59 Å². The zero-order chi connectivity index (χ0) is 24.1. The molecular weight excluding hydrogens is 475 g/mol. The van der Waals surface area contributed by atoms with Crippen LogP contribution >= 0.6 is 23.2 Å². The molecule has 0 saturated carbocycles. The van der Waals surface area contributed by atoms with Crippen molar-refractivity contribution >= 4 is 57.5 Å². The molecule has 0 bridgehead atoms. The third kappa shape index (κ3) is 5.83. The molecule has 0 atom stereocenters. The minimum Gasteiger partial charge on any atom is -0.483 e. The van der Waals surface area contributed by atoms with Gasteiger partial charge in [-0.1, -0.05) is 23.2 Å². The Kier molecular flexibility index (Phi) is 7.59. The number of benzene rings is 3. The third-order valence-corrected chi connectivity index (χ3v) is 5.04. The summed E-state index contributed by atoms with van der Waals surface area (Å²) < 4.78 is 10.7. The lowest BCUT2D eigenvalue weighted by Crippen LogP contribution is -2.39. The highest BCUT2D eigenvalue weighted by Crippen LogP contribution is 2.36. The Morgan fingerprint density at radius 1 is 0.939 bits per heavy atom. The van der Waals surface area contributed by atoms with Crippen molar-refractivity contribution in [1.82, 2.24) is 0 Å². The van der Waals surface area contributed by atoms with E-state index in [0.717, 1.165) is 0 Å². The van der Waals surface area contributed by atoms with Crippen molar-refractivity contribution in [2.45, 2.75) is 0 Å². The van der Waals surface area contributed by atoms with Crippen LogP contribution in [0.2, 0.25) is 10.0 Å². The number of carbonyl (C=O) groups excluding carboxylic acids is 1. The van der Waals surface area contributed by atoms with E-state index in [0.29, 0.717) is 27.2 Å². The van der Waals surface area contributed by atoms with Gasteiger partial charge in [0, 0.05) is 16.1 Å². The van der Waals surface area contributed by atoms with Crippen LogP contribution in [0.25, 0.3) is 10.8 Å². The maximum atomic E-state index is 12.8.